The van der Waals surface area contributed by atoms with Gasteiger partial charge in [0.15, 0.2) is 0 Å². The highest BCUT2D eigenvalue weighted by atomic mass is 15.2. The van der Waals surface area contributed by atoms with Crippen LogP contribution < -0.4 is 0 Å². The minimum atomic E-state index is 1.15. The third-order valence-electron chi connectivity index (χ3n) is 2.49. The van der Waals surface area contributed by atoms with Gasteiger partial charge in [0, 0.05) is 24.0 Å². The Kier molecular flexibility index (Phi) is 0.823. The lowest BCUT2D eigenvalue weighted by Gasteiger charge is -2.21. The zero-order valence-electron chi connectivity index (χ0n) is 6.25. The lowest BCUT2D eigenvalue weighted by molar-refractivity contribution is 0.604. The molecule has 0 saturated carbocycles. The molecule has 11 heavy (non-hydrogen) atoms. The summed E-state index contributed by atoms with van der Waals surface area (Å²) in [4.78, 5) is 2.29. The van der Waals surface area contributed by atoms with Gasteiger partial charge in [0.1, 0.15) is 0 Å². The van der Waals surface area contributed by atoms with Crippen LogP contribution in [0.15, 0.2) is 47.5 Å². The first-order valence-corrected chi connectivity index (χ1v) is 4.00. The van der Waals surface area contributed by atoms with Gasteiger partial charge < -0.3 is 4.90 Å². The molecule has 1 nitrogen and oxygen atoms in total. The first-order chi connectivity index (χ1) is 5.45. The van der Waals surface area contributed by atoms with Gasteiger partial charge in [-0.3, -0.25) is 0 Å². The fraction of sp³-hybridized carbons (Fsp3) is 0.200. The highest BCUT2D eigenvalue weighted by molar-refractivity contribution is 5.48. The van der Waals surface area contributed by atoms with E-state index >= 15 is 0 Å². The molecule has 0 atom stereocenters. The van der Waals surface area contributed by atoms with E-state index in [1.54, 1.807) is 5.57 Å². The van der Waals surface area contributed by atoms with Crippen molar-refractivity contribution in [1.29, 1.82) is 0 Å². The van der Waals surface area contributed by atoms with Gasteiger partial charge >= 0.3 is 0 Å². The molecule has 1 heteroatoms. The molecule has 0 N–H and O–H groups in total. The molecule has 4 bridgehead atoms. The monoisotopic (exact) mass is 143 g/mol. The first kappa shape index (κ1) is 5.42. The normalized spacial score (nSPS) is 24.7. The van der Waals surface area contributed by atoms with Crippen LogP contribution in [0.4, 0.5) is 0 Å². The van der Waals surface area contributed by atoms with Gasteiger partial charge in [-0.1, -0.05) is 12.2 Å². The van der Waals surface area contributed by atoms with Crippen LogP contribution in [0.5, 0.6) is 0 Å². The maximum atomic E-state index is 2.29. The van der Waals surface area contributed by atoms with Crippen molar-refractivity contribution in [2.24, 2.45) is 0 Å². The van der Waals surface area contributed by atoms with E-state index in [0.29, 0.717) is 0 Å². The SMILES string of the molecule is C1=CC2=C3CC=CN2C(=C1)C3. The second-order valence-corrected chi connectivity index (χ2v) is 3.14. The smallest absolute Gasteiger partial charge is 0.0451 e. The van der Waals surface area contributed by atoms with E-state index in [2.05, 4.69) is 35.4 Å². The van der Waals surface area contributed by atoms with Crippen LogP contribution >= 0.6 is 0 Å². The van der Waals surface area contributed by atoms with Gasteiger partial charge in [-0.25, -0.2) is 0 Å². The van der Waals surface area contributed by atoms with Crippen LogP contribution in [0, 0.1) is 0 Å². The molecule has 54 valence electrons. The van der Waals surface area contributed by atoms with Crippen LogP contribution in [0.3, 0.4) is 0 Å². The van der Waals surface area contributed by atoms with E-state index in [9.17, 15) is 0 Å². The number of rotatable bonds is 0. The maximum absolute atomic E-state index is 2.29. The van der Waals surface area contributed by atoms with E-state index in [4.69, 9.17) is 0 Å². The Morgan fingerprint density at radius 1 is 1.36 bits per heavy atom. The zero-order valence-corrected chi connectivity index (χ0v) is 6.25. The van der Waals surface area contributed by atoms with Crippen LogP contribution in [0.2, 0.25) is 0 Å². The van der Waals surface area contributed by atoms with Crippen molar-refractivity contribution in [1.82, 2.24) is 4.90 Å². The fourth-order valence-electron chi connectivity index (χ4n) is 1.96. The Labute approximate surface area is 66.0 Å². The topological polar surface area (TPSA) is 3.24 Å². The molecule has 0 fully saturated rings. The Hall–Kier alpha value is -1.24. The van der Waals surface area contributed by atoms with Crippen molar-refractivity contribution < 1.29 is 0 Å². The minimum Gasteiger partial charge on any atom is -0.321 e. The highest BCUT2D eigenvalue weighted by Crippen LogP contribution is 2.39. The van der Waals surface area contributed by atoms with E-state index < -0.39 is 0 Å². The molecule has 0 unspecified atom stereocenters. The number of hydrogen-bond donors (Lipinski definition) is 0. The highest BCUT2D eigenvalue weighted by Gasteiger charge is 2.26. The summed E-state index contributed by atoms with van der Waals surface area (Å²) in [7, 11) is 0. The zero-order chi connectivity index (χ0) is 7.26. The predicted octanol–water partition coefficient (Wildman–Crippen LogP) is 2.32. The van der Waals surface area contributed by atoms with Crippen LogP contribution in [0.1, 0.15) is 12.8 Å². The molecule has 0 aromatic rings. The van der Waals surface area contributed by atoms with Crippen molar-refractivity contribution >= 4 is 0 Å². The second kappa shape index (κ2) is 1.67. The van der Waals surface area contributed by atoms with Gasteiger partial charge in [-0.2, -0.15) is 0 Å². The molecular weight excluding hydrogens is 134 g/mol. The molecular formula is C10H9N. The quantitative estimate of drug-likeness (QED) is 0.503. The Balaban J connectivity index is 2.24. The molecule has 0 saturated heterocycles. The van der Waals surface area contributed by atoms with Crippen molar-refractivity contribution in [2.45, 2.75) is 12.8 Å². The predicted molar refractivity (Wildman–Crippen MR) is 44.5 cm³/mol. The molecule has 3 aliphatic rings. The average Bonchev–Trinajstić information content (AvgIpc) is 2.31. The summed E-state index contributed by atoms with van der Waals surface area (Å²) in [5, 5.41) is 0. The van der Waals surface area contributed by atoms with Crippen molar-refractivity contribution in [2.75, 3.05) is 0 Å². The van der Waals surface area contributed by atoms with Gasteiger partial charge in [-0.05, 0) is 24.1 Å². The molecule has 0 spiro atoms. The van der Waals surface area contributed by atoms with Gasteiger partial charge in [0.25, 0.3) is 0 Å². The minimum absolute atomic E-state index is 1.15. The molecule has 0 aliphatic carbocycles. The van der Waals surface area contributed by atoms with Gasteiger partial charge in [0.2, 0.25) is 0 Å². The summed E-state index contributed by atoms with van der Waals surface area (Å²) in [5.74, 6) is 0. The van der Waals surface area contributed by atoms with Gasteiger partial charge in [0.05, 0.1) is 0 Å². The molecule has 0 amide bonds. The summed E-state index contributed by atoms with van der Waals surface area (Å²) in [6.45, 7) is 0. The summed E-state index contributed by atoms with van der Waals surface area (Å²) >= 11 is 0. The summed E-state index contributed by atoms with van der Waals surface area (Å²) in [6, 6.07) is 0. The standard InChI is InChI=1S/C10H9N/c1-4-9-7-8-3-2-6-11(9)10(8)5-1/h1-2,4-6H,3,7H2. The van der Waals surface area contributed by atoms with E-state index in [1.807, 2.05) is 0 Å². The molecule has 3 aliphatic heterocycles. The molecule has 0 aromatic heterocycles. The van der Waals surface area contributed by atoms with Crippen LogP contribution in [-0.2, 0) is 0 Å². The third-order valence-corrected chi connectivity index (χ3v) is 2.49. The van der Waals surface area contributed by atoms with Crippen molar-refractivity contribution in [3.8, 4) is 0 Å². The number of allylic oxidation sites excluding steroid dienone is 5. The van der Waals surface area contributed by atoms with Crippen LogP contribution in [0.25, 0.3) is 0 Å². The number of nitrogens with zero attached hydrogens (tertiary/aromatic N) is 1. The van der Waals surface area contributed by atoms with E-state index in [1.165, 1.54) is 11.4 Å². The summed E-state index contributed by atoms with van der Waals surface area (Å²) in [6.07, 6.45) is 13.3. The fourth-order valence-corrected chi connectivity index (χ4v) is 1.96. The largest absolute Gasteiger partial charge is 0.321 e. The number of hydrogen-bond acceptors (Lipinski definition) is 1. The van der Waals surface area contributed by atoms with E-state index in [-0.39, 0.29) is 0 Å². The summed E-state index contributed by atoms with van der Waals surface area (Å²) < 4.78 is 0. The summed E-state index contributed by atoms with van der Waals surface area (Å²) in [5.41, 5.74) is 4.43. The van der Waals surface area contributed by atoms with E-state index in [0.717, 1.165) is 12.8 Å². The average molecular weight is 143 g/mol. The van der Waals surface area contributed by atoms with Crippen molar-refractivity contribution in [3.63, 3.8) is 0 Å². The second-order valence-electron chi connectivity index (χ2n) is 3.14. The van der Waals surface area contributed by atoms with Crippen LogP contribution in [-0.4, -0.2) is 4.90 Å². The lowest BCUT2D eigenvalue weighted by atomic mass is 10.1. The third kappa shape index (κ3) is 0.559. The molecule has 0 radical (unpaired) electrons. The Morgan fingerprint density at radius 3 is 3.27 bits per heavy atom. The van der Waals surface area contributed by atoms with Crippen molar-refractivity contribution in [3.05, 3.63) is 47.5 Å². The maximum Gasteiger partial charge on any atom is 0.0451 e. The molecule has 3 rings (SSSR count). The Morgan fingerprint density at radius 2 is 2.36 bits per heavy atom. The molecule has 3 heterocycles. The first-order valence-electron chi connectivity index (χ1n) is 4.00. The molecule has 0 aromatic carbocycles. The van der Waals surface area contributed by atoms with Gasteiger partial charge in [-0.15, -0.1) is 0 Å². The lowest BCUT2D eigenvalue weighted by Crippen LogP contribution is -2.12. The Bertz CT molecular complexity index is 329.